The molecule has 1 aliphatic carbocycles. The van der Waals surface area contributed by atoms with Crippen LogP contribution < -0.4 is 5.32 Å². The summed E-state index contributed by atoms with van der Waals surface area (Å²) in [6.45, 7) is 9.41. The fourth-order valence-corrected chi connectivity index (χ4v) is 2.70. The van der Waals surface area contributed by atoms with Gasteiger partial charge in [-0.3, -0.25) is 4.79 Å². The van der Waals surface area contributed by atoms with Gasteiger partial charge in [-0.2, -0.15) is 0 Å². The monoisotopic (exact) mass is 240 g/mol. The molecule has 3 heteroatoms. The third-order valence-corrected chi connectivity index (χ3v) is 4.39. The third kappa shape index (κ3) is 3.70. The summed E-state index contributed by atoms with van der Waals surface area (Å²) in [7, 11) is 1.87. The molecule has 0 saturated heterocycles. The summed E-state index contributed by atoms with van der Waals surface area (Å²) in [5.74, 6) is 1.65. The zero-order valence-corrected chi connectivity index (χ0v) is 12.0. The molecule has 0 aromatic heterocycles. The molecule has 4 atom stereocenters. The Morgan fingerprint density at radius 3 is 2.65 bits per heavy atom. The van der Waals surface area contributed by atoms with Crippen molar-refractivity contribution in [3.05, 3.63) is 0 Å². The van der Waals surface area contributed by atoms with E-state index in [1.165, 1.54) is 19.3 Å². The zero-order chi connectivity index (χ0) is 13.0. The lowest BCUT2D eigenvalue weighted by Crippen LogP contribution is -2.50. The number of likely N-dealkylation sites (N-methyl/N-ethyl adjacent to an activating group) is 1. The largest absolute Gasteiger partial charge is 0.345 e. The van der Waals surface area contributed by atoms with E-state index in [4.69, 9.17) is 0 Å². The lowest BCUT2D eigenvalue weighted by molar-refractivity contribution is -0.131. The van der Waals surface area contributed by atoms with Gasteiger partial charge in [0.05, 0.1) is 6.04 Å². The van der Waals surface area contributed by atoms with Crippen molar-refractivity contribution in [2.45, 2.75) is 59.0 Å². The predicted octanol–water partition coefficient (Wildman–Crippen LogP) is 2.27. The van der Waals surface area contributed by atoms with E-state index in [1.54, 1.807) is 4.90 Å². The molecule has 1 rings (SSSR count). The first-order valence-corrected chi connectivity index (χ1v) is 6.98. The van der Waals surface area contributed by atoms with Crippen molar-refractivity contribution < 1.29 is 4.79 Å². The van der Waals surface area contributed by atoms with Crippen molar-refractivity contribution in [1.29, 1.82) is 0 Å². The molecule has 4 unspecified atom stereocenters. The number of rotatable bonds is 4. The Labute approximate surface area is 106 Å². The second-order valence-corrected chi connectivity index (χ2v) is 5.61. The maximum absolute atomic E-state index is 12.0. The highest BCUT2D eigenvalue weighted by Crippen LogP contribution is 2.29. The number of nitrogens with zero attached hydrogens (tertiary/aromatic N) is 1. The van der Waals surface area contributed by atoms with Gasteiger partial charge in [0.2, 0.25) is 5.91 Å². The summed E-state index contributed by atoms with van der Waals surface area (Å²) < 4.78 is 0. The lowest BCUT2D eigenvalue weighted by atomic mass is 9.78. The molecule has 1 N–H and O–H groups in total. The van der Waals surface area contributed by atoms with Crippen molar-refractivity contribution in [3.63, 3.8) is 0 Å². The third-order valence-electron chi connectivity index (χ3n) is 4.39. The molecule has 0 aliphatic heterocycles. The van der Waals surface area contributed by atoms with E-state index < -0.39 is 0 Å². The Kier molecular flexibility index (Phi) is 5.44. The van der Waals surface area contributed by atoms with E-state index in [9.17, 15) is 4.79 Å². The van der Waals surface area contributed by atoms with E-state index in [1.807, 2.05) is 20.9 Å². The summed E-state index contributed by atoms with van der Waals surface area (Å²) in [6, 6.07) is 0.445. The molecule has 0 aromatic rings. The highest BCUT2D eigenvalue weighted by Gasteiger charge is 2.29. The number of hydrogen-bond acceptors (Lipinski definition) is 2. The van der Waals surface area contributed by atoms with Crippen LogP contribution in [0.4, 0.5) is 0 Å². The molecule has 1 amide bonds. The van der Waals surface area contributed by atoms with Gasteiger partial charge in [0.25, 0.3) is 0 Å². The average molecular weight is 240 g/mol. The number of hydrogen-bond donors (Lipinski definition) is 1. The predicted molar refractivity (Wildman–Crippen MR) is 71.9 cm³/mol. The molecule has 0 heterocycles. The molecule has 0 bridgehead atoms. The van der Waals surface area contributed by atoms with Gasteiger partial charge in [-0.1, -0.05) is 26.7 Å². The van der Waals surface area contributed by atoms with E-state index in [0.717, 1.165) is 12.5 Å². The first kappa shape index (κ1) is 14.5. The van der Waals surface area contributed by atoms with Gasteiger partial charge < -0.3 is 10.2 Å². The molecule has 17 heavy (non-hydrogen) atoms. The van der Waals surface area contributed by atoms with Crippen LogP contribution in [-0.2, 0) is 4.79 Å². The Morgan fingerprint density at radius 2 is 2.06 bits per heavy atom. The minimum absolute atomic E-state index is 0.0577. The van der Waals surface area contributed by atoms with Crippen molar-refractivity contribution in [1.82, 2.24) is 10.2 Å². The standard InChI is InChI=1S/C14H28N2O/c1-6-16(5)14(17)12(4)15-13-9-7-8-10(2)11(13)3/h10-13,15H,6-9H2,1-5H3. The Balaban J connectivity index is 2.50. The van der Waals surface area contributed by atoms with Crippen LogP contribution in [0.25, 0.3) is 0 Å². The van der Waals surface area contributed by atoms with Crippen LogP contribution in [0.3, 0.4) is 0 Å². The van der Waals surface area contributed by atoms with Gasteiger partial charge in [0.1, 0.15) is 0 Å². The summed E-state index contributed by atoms with van der Waals surface area (Å²) >= 11 is 0. The van der Waals surface area contributed by atoms with Crippen LogP contribution in [0.2, 0.25) is 0 Å². The molecule has 1 fully saturated rings. The SMILES string of the molecule is CCN(C)C(=O)C(C)NC1CCCC(C)C1C. The summed E-state index contributed by atoms with van der Waals surface area (Å²) in [5, 5.41) is 3.52. The van der Waals surface area contributed by atoms with Crippen LogP contribution in [-0.4, -0.2) is 36.5 Å². The Morgan fingerprint density at radius 1 is 1.41 bits per heavy atom. The summed E-state index contributed by atoms with van der Waals surface area (Å²) in [4.78, 5) is 13.8. The molecular formula is C14H28N2O. The highest BCUT2D eigenvalue weighted by molar-refractivity contribution is 5.81. The van der Waals surface area contributed by atoms with Gasteiger partial charge in [-0.25, -0.2) is 0 Å². The van der Waals surface area contributed by atoms with Crippen molar-refractivity contribution >= 4 is 5.91 Å². The molecular weight excluding hydrogens is 212 g/mol. The Bertz CT molecular complexity index is 255. The fourth-order valence-electron chi connectivity index (χ4n) is 2.70. The van der Waals surface area contributed by atoms with Crippen LogP contribution in [0.5, 0.6) is 0 Å². The molecule has 1 saturated carbocycles. The van der Waals surface area contributed by atoms with Gasteiger partial charge in [0, 0.05) is 19.6 Å². The fraction of sp³-hybridized carbons (Fsp3) is 0.929. The molecule has 1 aliphatic rings. The van der Waals surface area contributed by atoms with Gasteiger partial charge in [-0.05, 0) is 32.1 Å². The molecule has 3 nitrogen and oxygen atoms in total. The van der Waals surface area contributed by atoms with Crippen LogP contribution >= 0.6 is 0 Å². The van der Waals surface area contributed by atoms with Crippen molar-refractivity contribution in [3.8, 4) is 0 Å². The van der Waals surface area contributed by atoms with Gasteiger partial charge in [0.15, 0.2) is 0 Å². The maximum atomic E-state index is 12.0. The summed E-state index contributed by atoms with van der Waals surface area (Å²) in [5.41, 5.74) is 0. The topological polar surface area (TPSA) is 32.3 Å². The first-order valence-electron chi connectivity index (χ1n) is 6.98. The number of carbonyl (C=O) groups is 1. The Hall–Kier alpha value is -0.570. The minimum atomic E-state index is -0.0577. The number of nitrogens with one attached hydrogen (secondary N) is 1. The second-order valence-electron chi connectivity index (χ2n) is 5.61. The quantitative estimate of drug-likeness (QED) is 0.817. The van der Waals surface area contributed by atoms with Crippen LogP contribution in [0, 0.1) is 11.8 Å². The first-order chi connectivity index (χ1) is 7.97. The smallest absolute Gasteiger partial charge is 0.239 e. The maximum Gasteiger partial charge on any atom is 0.239 e. The van der Waals surface area contributed by atoms with E-state index in [-0.39, 0.29) is 11.9 Å². The molecule has 0 spiro atoms. The van der Waals surface area contributed by atoms with Gasteiger partial charge >= 0.3 is 0 Å². The second kappa shape index (κ2) is 6.39. The van der Waals surface area contributed by atoms with Crippen molar-refractivity contribution in [2.75, 3.05) is 13.6 Å². The molecule has 100 valence electrons. The lowest BCUT2D eigenvalue weighted by Gasteiger charge is -2.36. The van der Waals surface area contributed by atoms with Crippen molar-refractivity contribution in [2.24, 2.45) is 11.8 Å². The van der Waals surface area contributed by atoms with Gasteiger partial charge in [-0.15, -0.1) is 0 Å². The van der Waals surface area contributed by atoms with E-state index in [2.05, 4.69) is 19.2 Å². The summed E-state index contributed by atoms with van der Waals surface area (Å²) in [6.07, 6.45) is 3.82. The van der Waals surface area contributed by atoms with Crippen LogP contribution in [0.1, 0.15) is 47.0 Å². The number of carbonyl (C=O) groups excluding carboxylic acids is 1. The number of amides is 1. The van der Waals surface area contributed by atoms with E-state index in [0.29, 0.717) is 12.0 Å². The minimum Gasteiger partial charge on any atom is -0.345 e. The van der Waals surface area contributed by atoms with Crippen LogP contribution in [0.15, 0.2) is 0 Å². The zero-order valence-electron chi connectivity index (χ0n) is 12.0. The average Bonchev–Trinajstić information content (AvgIpc) is 2.32. The molecule has 0 aromatic carbocycles. The highest BCUT2D eigenvalue weighted by atomic mass is 16.2. The normalized spacial score (nSPS) is 31.0. The van der Waals surface area contributed by atoms with E-state index >= 15 is 0 Å². The molecule has 0 radical (unpaired) electrons.